The summed E-state index contributed by atoms with van der Waals surface area (Å²) < 4.78 is 0. The second-order valence-electron chi connectivity index (χ2n) is 3.70. The Morgan fingerprint density at radius 1 is 1.50 bits per heavy atom. The van der Waals surface area contributed by atoms with Crippen LogP contribution in [0.1, 0.15) is 35.1 Å². The lowest BCUT2D eigenvalue weighted by molar-refractivity contribution is 0.0952. The van der Waals surface area contributed by atoms with Gasteiger partial charge in [0.2, 0.25) is 0 Å². The Bertz CT molecular complexity index is 381. The number of hydrogen-bond donors (Lipinski definition) is 1. The van der Waals surface area contributed by atoms with Gasteiger partial charge in [0.15, 0.2) is 0 Å². The second-order valence-corrected chi connectivity index (χ2v) is 4.32. The van der Waals surface area contributed by atoms with Crippen molar-refractivity contribution in [1.82, 2.24) is 15.5 Å². The van der Waals surface area contributed by atoms with Gasteiger partial charge >= 0.3 is 0 Å². The van der Waals surface area contributed by atoms with E-state index in [4.69, 9.17) is 11.6 Å². The Hall–Kier alpha value is -1.16. The largest absolute Gasteiger partial charge is 0.350 e. The maximum absolute atomic E-state index is 11.8. The van der Waals surface area contributed by atoms with E-state index in [-0.39, 0.29) is 11.3 Å². The molecule has 16 heavy (non-hydrogen) atoms. The van der Waals surface area contributed by atoms with E-state index in [1.54, 1.807) is 19.9 Å². The van der Waals surface area contributed by atoms with E-state index in [0.717, 1.165) is 12.1 Å². The lowest BCUT2D eigenvalue weighted by atomic mass is 10.2. The molecule has 1 N–H and O–H groups in total. The number of alkyl halides is 1. The third kappa shape index (κ3) is 3.45. The van der Waals surface area contributed by atoms with E-state index in [2.05, 4.69) is 15.5 Å². The summed E-state index contributed by atoms with van der Waals surface area (Å²) in [6.45, 7) is 6.02. The first-order valence-corrected chi connectivity index (χ1v) is 5.71. The van der Waals surface area contributed by atoms with Crippen LogP contribution in [0.25, 0.3) is 0 Å². The van der Waals surface area contributed by atoms with Crippen LogP contribution >= 0.6 is 11.6 Å². The molecule has 1 aromatic heterocycles. The van der Waals surface area contributed by atoms with Crippen LogP contribution in [-0.4, -0.2) is 28.0 Å². The molecule has 1 heterocycles. The van der Waals surface area contributed by atoms with Gasteiger partial charge in [-0.2, -0.15) is 10.2 Å². The summed E-state index contributed by atoms with van der Waals surface area (Å²) in [5, 5.41) is 10.5. The normalized spacial score (nSPS) is 12.2. The summed E-state index contributed by atoms with van der Waals surface area (Å²) in [6, 6.07) is 1.73. The fraction of sp³-hybridized carbons (Fsp3) is 0.545. The van der Waals surface area contributed by atoms with E-state index in [9.17, 15) is 4.79 Å². The highest BCUT2D eigenvalue weighted by Crippen LogP contribution is 2.06. The summed E-state index contributed by atoms with van der Waals surface area (Å²) in [5.41, 5.74) is 1.92. The van der Waals surface area contributed by atoms with Gasteiger partial charge in [-0.1, -0.05) is 6.92 Å². The van der Waals surface area contributed by atoms with Crippen LogP contribution in [0.3, 0.4) is 0 Å². The summed E-state index contributed by atoms with van der Waals surface area (Å²) in [5.74, 6) is -0.144. The van der Waals surface area contributed by atoms with E-state index < -0.39 is 0 Å². The SMILES string of the molecule is CCC(Cl)CNC(=O)c1cc(C)nnc1C. The van der Waals surface area contributed by atoms with E-state index >= 15 is 0 Å². The summed E-state index contributed by atoms with van der Waals surface area (Å²) in [7, 11) is 0. The number of aryl methyl sites for hydroxylation is 2. The first kappa shape index (κ1) is 12.9. The highest BCUT2D eigenvalue weighted by molar-refractivity contribution is 6.20. The number of nitrogens with one attached hydrogen (secondary N) is 1. The van der Waals surface area contributed by atoms with Crippen molar-refractivity contribution in [3.8, 4) is 0 Å². The first-order chi connectivity index (χ1) is 7.54. The molecule has 1 rings (SSSR count). The maximum Gasteiger partial charge on any atom is 0.253 e. The molecule has 88 valence electrons. The van der Waals surface area contributed by atoms with Gasteiger partial charge in [-0.3, -0.25) is 4.79 Å². The van der Waals surface area contributed by atoms with Crippen molar-refractivity contribution < 1.29 is 4.79 Å². The minimum absolute atomic E-state index is 0.0276. The minimum Gasteiger partial charge on any atom is -0.350 e. The van der Waals surface area contributed by atoms with E-state index in [1.807, 2.05) is 6.92 Å². The van der Waals surface area contributed by atoms with Crippen LogP contribution in [0.5, 0.6) is 0 Å². The van der Waals surface area contributed by atoms with E-state index in [0.29, 0.717) is 17.8 Å². The topological polar surface area (TPSA) is 54.9 Å². The molecule has 0 radical (unpaired) electrons. The number of rotatable bonds is 4. The zero-order valence-corrected chi connectivity index (χ0v) is 10.5. The molecule has 5 heteroatoms. The highest BCUT2D eigenvalue weighted by Gasteiger charge is 2.11. The Kier molecular flexibility index (Phi) is 4.68. The van der Waals surface area contributed by atoms with Crippen LogP contribution in [0.4, 0.5) is 0 Å². The Labute approximate surface area is 100 Å². The third-order valence-corrected chi connectivity index (χ3v) is 2.74. The molecule has 1 atom stereocenters. The molecule has 0 aliphatic heterocycles. The summed E-state index contributed by atoms with van der Waals surface area (Å²) in [6.07, 6.45) is 0.828. The van der Waals surface area contributed by atoms with Crippen molar-refractivity contribution in [2.24, 2.45) is 0 Å². The molecule has 1 unspecified atom stereocenters. The standard InChI is InChI=1S/C11H16ClN3O/c1-4-9(12)6-13-11(16)10-5-7(2)14-15-8(10)3/h5,9H,4,6H2,1-3H3,(H,13,16). The van der Waals surface area contributed by atoms with Gasteiger partial charge in [-0.05, 0) is 26.3 Å². The average molecular weight is 242 g/mol. The molecule has 0 spiro atoms. The van der Waals surface area contributed by atoms with Crippen LogP contribution in [0.15, 0.2) is 6.07 Å². The molecule has 0 bridgehead atoms. The van der Waals surface area contributed by atoms with Crippen molar-refractivity contribution in [3.05, 3.63) is 23.0 Å². The number of amides is 1. The number of nitrogens with zero attached hydrogens (tertiary/aromatic N) is 2. The van der Waals surface area contributed by atoms with Gasteiger partial charge in [0, 0.05) is 6.54 Å². The Morgan fingerprint density at radius 2 is 2.19 bits per heavy atom. The third-order valence-electron chi connectivity index (χ3n) is 2.27. The molecule has 0 saturated carbocycles. The predicted molar refractivity (Wildman–Crippen MR) is 63.8 cm³/mol. The molecule has 0 fully saturated rings. The fourth-order valence-electron chi connectivity index (χ4n) is 1.22. The molecule has 0 saturated heterocycles. The average Bonchev–Trinajstić information content (AvgIpc) is 2.28. The van der Waals surface area contributed by atoms with Crippen LogP contribution in [-0.2, 0) is 0 Å². The minimum atomic E-state index is -0.144. The molecule has 4 nitrogen and oxygen atoms in total. The zero-order chi connectivity index (χ0) is 12.1. The Balaban J connectivity index is 2.69. The van der Waals surface area contributed by atoms with Crippen molar-refractivity contribution in [3.63, 3.8) is 0 Å². The maximum atomic E-state index is 11.8. The number of halogens is 1. The van der Waals surface area contributed by atoms with Gasteiger partial charge in [0.05, 0.1) is 22.3 Å². The molecule has 0 aliphatic rings. The zero-order valence-electron chi connectivity index (χ0n) is 9.75. The van der Waals surface area contributed by atoms with Crippen molar-refractivity contribution in [2.75, 3.05) is 6.54 Å². The van der Waals surface area contributed by atoms with Crippen LogP contribution in [0.2, 0.25) is 0 Å². The number of hydrogen-bond acceptors (Lipinski definition) is 3. The number of aromatic nitrogens is 2. The Morgan fingerprint density at radius 3 is 2.81 bits per heavy atom. The summed E-state index contributed by atoms with van der Waals surface area (Å²) in [4.78, 5) is 11.8. The molecule has 0 aliphatic carbocycles. The molecular formula is C11H16ClN3O. The van der Waals surface area contributed by atoms with Crippen LogP contribution < -0.4 is 5.32 Å². The van der Waals surface area contributed by atoms with Crippen molar-refractivity contribution in [2.45, 2.75) is 32.6 Å². The number of carbonyl (C=O) groups excluding carboxylic acids is 1. The number of carbonyl (C=O) groups is 1. The molecule has 1 aromatic rings. The summed E-state index contributed by atoms with van der Waals surface area (Å²) >= 11 is 5.93. The van der Waals surface area contributed by atoms with Crippen molar-refractivity contribution >= 4 is 17.5 Å². The lowest BCUT2D eigenvalue weighted by Gasteiger charge is -2.09. The first-order valence-electron chi connectivity index (χ1n) is 5.27. The van der Waals surface area contributed by atoms with Gasteiger partial charge < -0.3 is 5.32 Å². The second kappa shape index (κ2) is 5.80. The molecular weight excluding hydrogens is 226 g/mol. The van der Waals surface area contributed by atoms with Gasteiger partial charge in [-0.25, -0.2) is 0 Å². The van der Waals surface area contributed by atoms with Gasteiger partial charge in [0.25, 0.3) is 5.91 Å². The van der Waals surface area contributed by atoms with E-state index in [1.165, 1.54) is 0 Å². The molecule has 0 aromatic carbocycles. The highest BCUT2D eigenvalue weighted by atomic mass is 35.5. The predicted octanol–water partition coefficient (Wildman–Crippen LogP) is 1.84. The smallest absolute Gasteiger partial charge is 0.253 e. The lowest BCUT2D eigenvalue weighted by Crippen LogP contribution is -2.30. The van der Waals surface area contributed by atoms with Crippen LogP contribution in [0, 0.1) is 13.8 Å². The fourth-order valence-corrected chi connectivity index (χ4v) is 1.30. The van der Waals surface area contributed by atoms with Crippen molar-refractivity contribution in [1.29, 1.82) is 0 Å². The molecule has 1 amide bonds. The van der Waals surface area contributed by atoms with Gasteiger partial charge in [-0.15, -0.1) is 11.6 Å². The monoisotopic (exact) mass is 241 g/mol. The van der Waals surface area contributed by atoms with Gasteiger partial charge in [0.1, 0.15) is 0 Å². The quantitative estimate of drug-likeness (QED) is 0.819.